The predicted octanol–water partition coefficient (Wildman–Crippen LogP) is 5.02. The lowest BCUT2D eigenvalue weighted by Crippen LogP contribution is -2.29. The number of urea groups is 1. The van der Waals surface area contributed by atoms with Crippen LogP contribution in [0, 0.1) is 5.82 Å². The van der Waals surface area contributed by atoms with Crippen molar-refractivity contribution < 1.29 is 14.3 Å². The first-order valence-corrected chi connectivity index (χ1v) is 11.2. The molecule has 0 unspecified atom stereocenters. The van der Waals surface area contributed by atoms with E-state index in [1.54, 1.807) is 22.8 Å². The van der Waals surface area contributed by atoms with Crippen molar-refractivity contribution in [1.82, 2.24) is 19.9 Å². The van der Waals surface area contributed by atoms with Crippen molar-refractivity contribution in [3.63, 3.8) is 0 Å². The lowest BCUT2D eigenvalue weighted by Gasteiger charge is -2.12. The van der Waals surface area contributed by atoms with Gasteiger partial charge in [0.15, 0.2) is 5.65 Å². The number of anilines is 2. The van der Waals surface area contributed by atoms with Crippen molar-refractivity contribution in [2.45, 2.75) is 12.8 Å². The first-order chi connectivity index (χ1) is 16.0. The molecule has 0 spiro atoms. The number of amides is 2. The van der Waals surface area contributed by atoms with Gasteiger partial charge in [-0.1, -0.05) is 12.1 Å². The Balaban J connectivity index is 1.31. The smallest absolute Gasteiger partial charge is 0.319 e. The summed E-state index contributed by atoms with van der Waals surface area (Å²) in [6, 6.07) is 14.1. The zero-order valence-electron chi connectivity index (χ0n) is 17.6. The maximum atomic E-state index is 12.9. The van der Waals surface area contributed by atoms with Crippen LogP contribution in [0.5, 0.6) is 5.75 Å². The Morgan fingerprint density at radius 2 is 1.85 bits per heavy atom. The average Bonchev–Trinajstić information content (AvgIpc) is 3.18. The molecule has 8 nitrogen and oxygen atoms in total. The number of para-hydroxylation sites is 1. The first-order valence-electron chi connectivity index (χ1n) is 10.4. The lowest BCUT2D eigenvalue weighted by atomic mass is 10.1. The van der Waals surface area contributed by atoms with E-state index in [1.807, 2.05) is 18.2 Å². The first kappa shape index (κ1) is 22.5. The van der Waals surface area contributed by atoms with Crippen molar-refractivity contribution in [3.05, 3.63) is 71.1 Å². The highest BCUT2D eigenvalue weighted by molar-refractivity contribution is 9.10. The second-order valence-electron chi connectivity index (χ2n) is 7.29. The molecule has 2 amide bonds. The van der Waals surface area contributed by atoms with Gasteiger partial charge in [0.25, 0.3) is 0 Å². The van der Waals surface area contributed by atoms with Crippen LogP contribution in [0.3, 0.4) is 0 Å². The van der Waals surface area contributed by atoms with E-state index < -0.39 is 0 Å². The molecule has 2 aromatic carbocycles. The molecule has 0 fully saturated rings. The normalized spacial score (nSPS) is 10.8. The molecular formula is C23H22BrFN6O2. The number of carbonyl (C=O) groups excluding carboxylic acids is 1. The SMILES string of the molecule is O=C(NCCCCNc1cc(-c2ccccc2O)nc2c(Br)cnn12)Nc1ccc(F)cc1. The zero-order valence-corrected chi connectivity index (χ0v) is 19.1. The summed E-state index contributed by atoms with van der Waals surface area (Å²) in [6.07, 6.45) is 3.23. The molecule has 2 heterocycles. The van der Waals surface area contributed by atoms with E-state index in [4.69, 9.17) is 0 Å². The largest absolute Gasteiger partial charge is 0.507 e. The van der Waals surface area contributed by atoms with Crippen molar-refractivity contribution in [2.75, 3.05) is 23.7 Å². The molecule has 2 aromatic heterocycles. The van der Waals surface area contributed by atoms with Crippen LogP contribution in [-0.4, -0.2) is 38.8 Å². The second-order valence-corrected chi connectivity index (χ2v) is 8.15. The second kappa shape index (κ2) is 10.3. The molecule has 0 aliphatic carbocycles. The molecule has 4 rings (SSSR count). The lowest BCUT2D eigenvalue weighted by molar-refractivity contribution is 0.252. The highest BCUT2D eigenvalue weighted by atomic mass is 79.9. The van der Waals surface area contributed by atoms with Gasteiger partial charge < -0.3 is 21.1 Å². The fraction of sp³-hybridized carbons (Fsp3) is 0.174. The van der Waals surface area contributed by atoms with Crippen LogP contribution in [0.1, 0.15) is 12.8 Å². The van der Waals surface area contributed by atoms with Gasteiger partial charge in [-0.3, -0.25) is 0 Å². The van der Waals surface area contributed by atoms with Crippen LogP contribution < -0.4 is 16.0 Å². The molecule has 0 saturated heterocycles. The molecule has 4 N–H and O–H groups in total. The fourth-order valence-electron chi connectivity index (χ4n) is 3.27. The van der Waals surface area contributed by atoms with Gasteiger partial charge in [0.05, 0.1) is 16.4 Å². The standard InChI is InChI=1S/C23H22BrFN6O2/c24-18-14-28-31-21(13-19(30-22(18)31)17-5-1-2-6-20(17)32)26-11-3-4-12-27-23(33)29-16-9-7-15(25)8-10-16/h1-2,5-10,13-14,26,32H,3-4,11-12H2,(H2,27,29,33). The van der Waals surface area contributed by atoms with Gasteiger partial charge >= 0.3 is 6.03 Å². The highest BCUT2D eigenvalue weighted by Crippen LogP contribution is 2.31. The van der Waals surface area contributed by atoms with Crippen molar-refractivity contribution in [1.29, 1.82) is 0 Å². The minimum Gasteiger partial charge on any atom is -0.507 e. The van der Waals surface area contributed by atoms with E-state index in [0.717, 1.165) is 23.1 Å². The van der Waals surface area contributed by atoms with E-state index in [0.29, 0.717) is 35.7 Å². The summed E-state index contributed by atoms with van der Waals surface area (Å²) in [5.41, 5.74) is 2.43. The third-order valence-corrected chi connectivity index (χ3v) is 5.47. The summed E-state index contributed by atoms with van der Waals surface area (Å²) in [5.74, 6) is 0.544. The number of aromatic nitrogens is 3. The van der Waals surface area contributed by atoms with E-state index >= 15 is 0 Å². The van der Waals surface area contributed by atoms with Crippen LogP contribution in [-0.2, 0) is 0 Å². The molecule has 0 atom stereocenters. The van der Waals surface area contributed by atoms with Gasteiger partial charge in [-0.15, -0.1) is 0 Å². The zero-order chi connectivity index (χ0) is 23.2. The van der Waals surface area contributed by atoms with Gasteiger partial charge in [0, 0.05) is 30.4 Å². The van der Waals surface area contributed by atoms with E-state index in [-0.39, 0.29) is 17.6 Å². The Bertz CT molecular complexity index is 1260. The number of phenolic OH excluding ortho intramolecular Hbond substituents is 1. The molecule has 0 saturated carbocycles. The third-order valence-electron chi connectivity index (χ3n) is 4.91. The minimum absolute atomic E-state index is 0.154. The van der Waals surface area contributed by atoms with E-state index in [2.05, 4.69) is 42.0 Å². The Kier molecular flexibility index (Phi) is 7.04. The Morgan fingerprint density at radius 3 is 2.64 bits per heavy atom. The number of hydrogen-bond acceptors (Lipinski definition) is 5. The van der Waals surface area contributed by atoms with Gasteiger partial charge in [-0.25, -0.2) is 14.2 Å². The summed E-state index contributed by atoms with van der Waals surface area (Å²) < 4.78 is 15.4. The summed E-state index contributed by atoms with van der Waals surface area (Å²) in [6.45, 7) is 1.15. The number of hydrogen-bond donors (Lipinski definition) is 4. The summed E-state index contributed by atoms with van der Waals surface area (Å²) in [4.78, 5) is 16.5. The van der Waals surface area contributed by atoms with E-state index in [9.17, 15) is 14.3 Å². The number of fused-ring (bicyclic) bond motifs is 1. The number of nitrogens with one attached hydrogen (secondary N) is 3. The Labute approximate surface area is 198 Å². The number of unbranched alkanes of at least 4 members (excludes halogenated alkanes) is 1. The quantitative estimate of drug-likeness (QED) is 0.248. The molecule has 0 aliphatic rings. The number of nitrogens with zero attached hydrogens (tertiary/aromatic N) is 3. The van der Waals surface area contributed by atoms with Crippen LogP contribution >= 0.6 is 15.9 Å². The monoisotopic (exact) mass is 512 g/mol. The van der Waals surface area contributed by atoms with Gasteiger partial charge in [-0.05, 0) is 65.2 Å². The molecule has 0 aliphatic heterocycles. The number of rotatable bonds is 8. The van der Waals surface area contributed by atoms with Crippen molar-refractivity contribution >= 4 is 39.1 Å². The van der Waals surface area contributed by atoms with Crippen molar-refractivity contribution in [2.24, 2.45) is 0 Å². The number of benzene rings is 2. The summed E-state index contributed by atoms with van der Waals surface area (Å²) >= 11 is 3.47. The molecule has 4 aromatic rings. The number of halogens is 2. The van der Waals surface area contributed by atoms with E-state index in [1.165, 1.54) is 24.3 Å². The predicted molar refractivity (Wildman–Crippen MR) is 129 cm³/mol. The fourth-order valence-corrected chi connectivity index (χ4v) is 3.62. The maximum absolute atomic E-state index is 12.9. The van der Waals surface area contributed by atoms with Crippen LogP contribution in [0.2, 0.25) is 0 Å². The van der Waals surface area contributed by atoms with Gasteiger partial charge in [0.2, 0.25) is 0 Å². The maximum Gasteiger partial charge on any atom is 0.319 e. The number of aromatic hydroxyl groups is 1. The molecule has 10 heteroatoms. The van der Waals surface area contributed by atoms with Crippen molar-refractivity contribution in [3.8, 4) is 17.0 Å². The Morgan fingerprint density at radius 1 is 1.09 bits per heavy atom. The average molecular weight is 513 g/mol. The molecule has 170 valence electrons. The Hall–Kier alpha value is -3.66. The minimum atomic E-state index is -0.352. The van der Waals surface area contributed by atoms with Gasteiger partial charge in [-0.2, -0.15) is 9.61 Å². The topological polar surface area (TPSA) is 104 Å². The highest BCUT2D eigenvalue weighted by Gasteiger charge is 2.13. The van der Waals surface area contributed by atoms with Crippen LogP contribution in [0.4, 0.5) is 20.7 Å². The number of carbonyl (C=O) groups is 1. The molecule has 0 radical (unpaired) electrons. The molecule has 33 heavy (non-hydrogen) atoms. The third kappa shape index (κ3) is 5.58. The number of phenols is 1. The van der Waals surface area contributed by atoms with Crippen LogP contribution in [0.15, 0.2) is 65.3 Å². The summed E-state index contributed by atoms with van der Waals surface area (Å²) in [5, 5.41) is 23.4. The van der Waals surface area contributed by atoms with Crippen LogP contribution in [0.25, 0.3) is 16.9 Å². The summed E-state index contributed by atoms with van der Waals surface area (Å²) in [7, 11) is 0. The molecular weight excluding hydrogens is 491 g/mol. The molecule has 0 bridgehead atoms. The van der Waals surface area contributed by atoms with Gasteiger partial charge in [0.1, 0.15) is 17.4 Å².